The number of Topliss-reactive ketones (excluding diaryl/α,β-unsaturated/α-hetero) is 1. The number of benzene rings is 2. The van der Waals surface area contributed by atoms with Crippen molar-refractivity contribution in [3.05, 3.63) is 65.7 Å². The quantitative estimate of drug-likeness (QED) is 0.819. The van der Waals surface area contributed by atoms with Gasteiger partial charge in [-0.3, -0.25) is 4.79 Å². The average molecular weight is 239 g/mol. The summed E-state index contributed by atoms with van der Waals surface area (Å²) in [6.07, 6.45) is -0.595. The number of fused-ring (bicyclic) bond motifs is 1. The molecule has 0 bridgehead atoms. The molecule has 3 rings (SSSR count). The fraction of sp³-hybridized carbons (Fsp3) is 0.133. The second-order valence-electron chi connectivity index (χ2n) is 4.22. The van der Waals surface area contributed by atoms with Crippen LogP contribution in [0.2, 0.25) is 0 Å². The second kappa shape index (κ2) is 4.63. The van der Waals surface area contributed by atoms with Crippen molar-refractivity contribution in [1.82, 2.24) is 0 Å². The van der Waals surface area contributed by atoms with Crippen molar-refractivity contribution in [2.24, 2.45) is 0 Å². The Kier molecular flexibility index (Phi) is 2.82. The Hall–Kier alpha value is -2.13. The van der Waals surface area contributed by atoms with E-state index in [4.69, 9.17) is 4.74 Å². The van der Waals surface area contributed by atoms with E-state index in [0.717, 1.165) is 11.3 Å². The average Bonchev–Trinajstić information content (AvgIpc) is 2.47. The number of ketones is 1. The largest absolute Gasteiger partial charge is 0.353 e. The van der Waals surface area contributed by atoms with Gasteiger partial charge < -0.3 is 10.1 Å². The summed E-state index contributed by atoms with van der Waals surface area (Å²) < 4.78 is 5.56. The maximum absolute atomic E-state index is 12.2. The van der Waals surface area contributed by atoms with Gasteiger partial charge in [0.15, 0.2) is 6.23 Å². The van der Waals surface area contributed by atoms with Crippen molar-refractivity contribution >= 4 is 11.5 Å². The Morgan fingerprint density at radius 1 is 1.06 bits per heavy atom. The maximum atomic E-state index is 12.2. The minimum absolute atomic E-state index is 0.0369. The smallest absolute Gasteiger partial charge is 0.212 e. The van der Waals surface area contributed by atoms with E-state index in [2.05, 4.69) is 5.32 Å². The lowest BCUT2D eigenvalue weighted by atomic mass is 10.1. The number of anilines is 1. The number of hydrogen-bond donors (Lipinski definition) is 1. The van der Waals surface area contributed by atoms with E-state index < -0.39 is 6.23 Å². The Labute approximate surface area is 105 Å². The van der Waals surface area contributed by atoms with E-state index in [9.17, 15) is 4.79 Å². The monoisotopic (exact) mass is 239 g/mol. The second-order valence-corrected chi connectivity index (χ2v) is 4.22. The van der Waals surface area contributed by atoms with Gasteiger partial charge in [0.05, 0.1) is 6.61 Å². The van der Waals surface area contributed by atoms with Crippen LogP contribution in [0.4, 0.5) is 5.69 Å². The van der Waals surface area contributed by atoms with Gasteiger partial charge in [-0.15, -0.1) is 0 Å². The highest BCUT2D eigenvalue weighted by molar-refractivity contribution is 6.00. The van der Waals surface area contributed by atoms with Gasteiger partial charge in [-0.05, 0) is 6.07 Å². The predicted octanol–water partition coefficient (Wildman–Crippen LogP) is 2.84. The molecule has 0 spiro atoms. The summed E-state index contributed by atoms with van der Waals surface area (Å²) in [4.78, 5) is 12.2. The minimum Gasteiger partial charge on any atom is -0.353 e. The maximum Gasteiger partial charge on any atom is 0.212 e. The molecule has 1 aliphatic heterocycles. The van der Waals surface area contributed by atoms with Gasteiger partial charge in [-0.2, -0.15) is 0 Å². The molecule has 0 aliphatic carbocycles. The Bertz CT molecular complexity index is 566. The van der Waals surface area contributed by atoms with Crippen LogP contribution in [-0.4, -0.2) is 12.0 Å². The van der Waals surface area contributed by atoms with Crippen LogP contribution >= 0.6 is 0 Å². The van der Waals surface area contributed by atoms with E-state index in [1.54, 1.807) is 12.1 Å². The summed E-state index contributed by atoms with van der Waals surface area (Å²) in [5, 5.41) is 3.12. The highest BCUT2D eigenvalue weighted by atomic mass is 16.5. The van der Waals surface area contributed by atoms with E-state index in [0.29, 0.717) is 12.2 Å². The first-order chi connectivity index (χ1) is 8.84. The van der Waals surface area contributed by atoms with Crippen LogP contribution in [0, 0.1) is 0 Å². The summed E-state index contributed by atoms with van der Waals surface area (Å²) in [5.74, 6) is -0.0369. The Morgan fingerprint density at radius 3 is 2.61 bits per heavy atom. The van der Waals surface area contributed by atoms with E-state index in [1.165, 1.54) is 0 Å². The van der Waals surface area contributed by atoms with Crippen molar-refractivity contribution in [3.8, 4) is 0 Å². The molecular formula is C15H13NO2. The molecule has 0 radical (unpaired) electrons. The molecule has 0 aromatic heterocycles. The molecule has 3 nitrogen and oxygen atoms in total. The Morgan fingerprint density at radius 2 is 1.78 bits per heavy atom. The zero-order valence-corrected chi connectivity index (χ0v) is 9.80. The highest BCUT2D eigenvalue weighted by Gasteiger charge is 2.25. The summed E-state index contributed by atoms with van der Waals surface area (Å²) in [5.41, 5.74) is 2.71. The number of rotatable bonds is 2. The van der Waals surface area contributed by atoms with E-state index in [-0.39, 0.29) is 5.78 Å². The van der Waals surface area contributed by atoms with Crippen molar-refractivity contribution in [2.75, 3.05) is 5.32 Å². The first-order valence-electron chi connectivity index (χ1n) is 5.90. The molecule has 0 amide bonds. The standard InChI is InChI=1S/C15H13NO2/c17-14(11-6-2-1-3-7-11)15-16-13-9-5-4-8-12(13)10-18-15/h1-9,15-16H,10H2/t15-/m1/s1. The fourth-order valence-corrected chi connectivity index (χ4v) is 2.04. The summed E-state index contributed by atoms with van der Waals surface area (Å²) in [6, 6.07) is 17.1. The number of ether oxygens (including phenoxy) is 1. The normalized spacial score (nSPS) is 17.7. The molecule has 18 heavy (non-hydrogen) atoms. The molecule has 0 saturated carbocycles. The molecule has 2 aromatic rings. The molecular weight excluding hydrogens is 226 g/mol. The van der Waals surface area contributed by atoms with Gasteiger partial charge in [0, 0.05) is 16.8 Å². The molecule has 1 atom stereocenters. The third-order valence-corrected chi connectivity index (χ3v) is 3.01. The molecule has 0 saturated heterocycles. The van der Waals surface area contributed by atoms with Crippen LogP contribution in [0.3, 0.4) is 0 Å². The van der Waals surface area contributed by atoms with Crippen LogP contribution in [0.15, 0.2) is 54.6 Å². The summed E-state index contributed by atoms with van der Waals surface area (Å²) in [6.45, 7) is 0.465. The lowest BCUT2D eigenvalue weighted by molar-refractivity contribution is 0.0404. The van der Waals surface area contributed by atoms with Crippen LogP contribution in [0.1, 0.15) is 15.9 Å². The zero-order chi connectivity index (χ0) is 12.4. The third kappa shape index (κ3) is 2.00. The van der Waals surface area contributed by atoms with Crippen molar-refractivity contribution in [2.45, 2.75) is 12.8 Å². The summed E-state index contributed by atoms with van der Waals surface area (Å²) >= 11 is 0. The molecule has 2 aromatic carbocycles. The van der Waals surface area contributed by atoms with Crippen molar-refractivity contribution in [1.29, 1.82) is 0 Å². The zero-order valence-electron chi connectivity index (χ0n) is 9.80. The van der Waals surface area contributed by atoms with Gasteiger partial charge in [0.1, 0.15) is 0 Å². The van der Waals surface area contributed by atoms with E-state index in [1.807, 2.05) is 42.5 Å². The molecule has 90 valence electrons. The molecule has 1 heterocycles. The van der Waals surface area contributed by atoms with Gasteiger partial charge in [-0.1, -0.05) is 48.5 Å². The number of para-hydroxylation sites is 1. The fourth-order valence-electron chi connectivity index (χ4n) is 2.04. The molecule has 1 aliphatic rings. The molecule has 3 heteroatoms. The SMILES string of the molecule is O=C(c1ccccc1)[C@@H]1Nc2ccccc2CO1. The van der Waals surface area contributed by atoms with Crippen molar-refractivity contribution < 1.29 is 9.53 Å². The molecule has 0 fully saturated rings. The van der Waals surface area contributed by atoms with Crippen LogP contribution in [0.25, 0.3) is 0 Å². The molecule has 0 unspecified atom stereocenters. The number of carbonyl (C=O) groups is 1. The van der Waals surface area contributed by atoms with Crippen molar-refractivity contribution in [3.63, 3.8) is 0 Å². The topological polar surface area (TPSA) is 38.3 Å². The number of hydrogen-bond acceptors (Lipinski definition) is 3. The number of carbonyl (C=O) groups excluding carboxylic acids is 1. The van der Waals surface area contributed by atoms with Gasteiger partial charge >= 0.3 is 0 Å². The van der Waals surface area contributed by atoms with Gasteiger partial charge in [0.25, 0.3) is 0 Å². The first kappa shape index (κ1) is 11.0. The Balaban J connectivity index is 1.82. The van der Waals surface area contributed by atoms with Gasteiger partial charge in [-0.25, -0.2) is 0 Å². The summed E-state index contributed by atoms with van der Waals surface area (Å²) in [7, 11) is 0. The highest BCUT2D eigenvalue weighted by Crippen LogP contribution is 2.23. The third-order valence-electron chi connectivity index (χ3n) is 3.01. The lowest BCUT2D eigenvalue weighted by Gasteiger charge is -2.26. The van der Waals surface area contributed by atoms with Crippen LogP contribution < -0.4 is 5.32 Å². The van der Waals surface area contributed by atoms with E-state index >= 15 is 0 Å². The number of nitrogens with one attached hydrogen (secondary N) is 1. The first-order valence-corrected chi connectivity index (χ1v) is 5.90. The predicted molar refractivity (Wildman–Crippen MR) is 69.4 cm³/mol. The molecule has 1 N–H and O–H groups in total. The minimum atomic E-state index is -0.595. The lowest BCUT2D eigenvalue weighted by Crippen LogP contribution is -2.35. The van der Waals surface area contributed by atoms with Crippen LogP contribution in [0.5, 0.6) is 0 Å². The van der Waals surface area contributed by atoms with Gasteiger partial charge in [0.2, 0.25) is 5.78 Å². The van der Waals surface area contributed by atoms with Crippen LogP contribution in [-0.2, 0) is 11.3 Å².